The fourth-order valence-corrected chi connectivity index (χ4v) is 2.86. The van der Waals surface area contributed by atoms with Gasteiger partial charge in [-0.2, -0.15) is 0 Å². The quantitative estimate of drug-likeness (QED) is 0.678. The number of benzene rings is 1. The number of fused-ring (bicyclic) bond motifs is 1. The molecule has 0 saturated carbocycles. The Labute approximate surface area is 124 Å². The molecule has 1 aromatic carbocycles. The van der Waals surface area contributed by atoms with Gasteiger partial charge < -0.3 is 9.32 Å². The van der Waals surface area contributed by atoms with Gasteiger partial charge >= 0.3 is 5.63 Å². The number of aromatic nitrogens is 1. The second-order valence-electron chi connectivity index (χ2n) is 4.52. The molecule has 20 heavy (non-hydrogen) atoms. The van der Waals surface area contributed by atoms with E-state index in [4.69, 9.17) is 16.0 Å². The number of hydrogen-bond donors (Lipinski definition) is 0. The van der Waals surface area contributed by atoms with Crippen molar-refractivity contribution < 1.29 is 4.42 Å². The molecule has 0 aliphatic heterocycles. The van der Waals surface area contributed by atoms with Crippen LogP contribution >= 0.6 is 22.9 Å². The number of hydrogen-bond acceptors (Lipinski definition) is 5. The summed E-state index contributed by atoms with van der Waals surface area (Å²) in [5.74, 6) is 0. The van der Waals surface area contributed by atoms with Crippen molar-refractivity contribution in [1.29, 1.82) is 0 Å². The number of nitrogens with zero attached hydrogens (tertiary/aromatic N) is 2. The molecule has 0 radical (unpaired) electrons. The van der Waals surface area contributed by atoms with E-state index < -0.39 is 5.63 Å². The highest BCUT2D eigenvalue weighted by Gasteiger charge is 2.13. The van der Waals surface area contributed by atoms with Crippen molar-refractivity contribution in [2.45, 2.75) is 0 Å². The minimum Gasteiger partial charge on any atom is -0.421 e. The number of para-hydroxylation sites is 1. The molecule has 0 aliphatic rings. The lowest BCUT2D eigenvalue weighted by Gasteiger charge is -2.05. The van der Waals surface area contributed by atoms with Crippen molar-refractivity contribution in [3.63, 3.8) is 0 Å². The van der Waals surface area contributed by atoms with Gasteiger partial charge in [0, 0.05) is 24.9 Å². The monoisotopic (exact) mass is 306 g/mol. The molecular weight excluding hydrogens is 296 g/mol. The van der Waals surface area contributed by atoms with Crippen LogP contribution in [-0.4, -0.2) is 19.1 Å². The SMILES string of the molecule is CN(C)c1nc(-c2cc3cccc(Cl)c3oc2=O)cs1. The van der Waals surface area contributed by atoms with E-state index in [0.717, 1.165) is 10.5 Å². The maximum Gasteiger partial charge on any atom is 0.345 e. The summed E-state index contributed by atoms with van der Waals surface area (Å²) in [7, 11) is 3.82. The van der Waals surface area contributed by atoms with Crippen LogP contribution in [0, 0.1) is 0 Å². The summed E-state index contributed by atoms with van der Waals surface area (Å²) in [5.41, 5.74) is 1.05. The summed E-state index contributed by atoms with van der Waals surface area (Å²) in [6.07, 6.45) is 0. The molecule has 0 fully saturated rings. The maximum absolute atomic E-state index is 12.1. The zero-order valence-corrected chi connectivity index (χ0v) is 12.5. The van der Waals surface area contributed by atoms with Crippen LogP contribution in [0.2, 0.25) is 5.02 Å². The number of halogens is 1. The molecular formula is C14H11ClN2O2S. The summed E-state index contributed by atoms with van der Waals surface area (Å²) in [6.45, 7) is 0. The van der Waals surface area contributed by atoms with E-state index in [9.17, 15) is 4.79 Å². The lowest BCUT2D eigenvalue weighted by Crippen LogP contribution is -2.08. The molecule has 0 bridgehead atoms. The normalized spacial score (nSPS) is 10.9. The predicted octanol–water partition coefficient (Wildman–Crippen LogP) is 3.64. The van der Waals surface area contributed by atoms with Gasteiger partial charge in [-0.3, -0.25) is 0 Å². The summed E-state index contributed by atoms with van der Waals surface area (Å²) in [4.78, 5) is 18.4. The van der Waals surface area contributed by atoms with Gasteiger partial charge in [-0.1, -0.05) is 23.7 Å². The Morgan fingerprint density at radius 1 is 1.35 bits per heavy atom. The van der Waals surface area contributed by atoms with Crippen molar-refractivity contribution in [3.8, 4) is 11.3 Å². The Balaban J connectivity index is 2.20. The number of rotatable bonds is 2. The first-order valence-electron chi connectivity index (χ1n) is 5.92. The van der Waals surface area contributed by atoms with Crippen LogP contribution in [0.15, 0.2) is 38.9 Å². The predicted molar refractivity (Wildman–Crippen MR) is 82.9 cm³/mol. The average Bonchev–Trinajstić information content (AvgIpc) is 2.89. The third kappa shape index (κ3) is 2.19. The second-order valence-corrected chi connectivity index (χ2v) is 5.76. The lowest BCUT2D eigenvalue weighted by molar-refractivity contribution is 0.563. The molecule has 102 valence electrons. The van der Waals surface area contributed by atoms with Crippen LogP contribution in [0.5, 0.6) is 0 Å². The standard InChI is InChI=1S/C14H11ClN2O2S/c1-17(2)14-16-11(7-20-14)9-6-8-4-3-5-10(15)12(8)19-13(9)18/h3-7H,1-2H3. The van der Waals surface area contributed by atoms with Crippen LogP contribution in [0.25, 0.3) is 22.2 Å². The Morgan fingerprint density at radius 3 is 2.85 bits per heavy atom. The fraction of sp³-hybridized carbons (Fsp3) is 0.143. The molecule has 2 aromatic heterocycles. The van der Waals surface area contributed by atoms with Crippen molar-refractivity contribution in [2.24, 2.45) is 0 Å². The molecule has 0 N–H and O–H groups in total. The molecule has 4 nitrogen and oxygen atoms in total. The van der Waals surface area contributed by atoms with Crippen LogP contribution in [-0.2, 0) is 0 Å². The van der Waals surface area contributed by atoms with Crippen molar-refractivity contribution in [3.05, 3.63) is 45.1 Å². The highest BCUT2D eigenvalue weighted by Crippen LogP contribution is 2.28. The molecule has 0 amide bonds. The van der Waals surface area contributed by atoms with Gasteiger partial charge in [-0.15, -0.1) is 11.3 Å². The van der Waals surface area contributed by atoms with Crippen LogP contribution < -0.4 is 10.5 Å². The molecule has 6 heteroatoms. The number of thiazole rings is 1. The van der Waals surface area contributed by atoms with Crippen LogP contribution in [0.4, 0.5) is 5.13 Å². The zero-order valence-electron chi connectivity index (χ0n) is 10.9. The average molecular weight is 307 g/mol. The van der Waals surface area contributed by atoms with Gasteiger partial charge in [-0.25, -0.2) is 9.78 Å². The van der Waals surface area contributed by atoms with E-state index in [-0.39, 0.29) is 0 Å². The Morgan fingerprint density at radius 2 is 2.15 bits per heavy atom. The molecule has 2 heterocycles. The summed E-state index contributed by atoms with van der Waals surface area (Å²) < 4.78 is 5.31. The van der Waals surface area contributed by atoms with Gasteiger partial charge in [-0.05, 0) is 12.1 Å². The number of anilines is 1. The Kier molecular flexibility index (Phi) is 3.23. The van der Waals surface area contributed by atoms with E-state index in [1.807, 2.05) is 36.5 Å². The minimum atomic E-state index is -0.429. The van der Waals surface area contributed by atoms with Gasteiger partial charge in [0.2, 0.25) is 0 Å². The van der Waals surface area contributed by atoms with Gasteiger partial charge in [0.1, 0.15) is 0 Å². The van der Waals surface area contributed by atoms with Crippen molar-refractivity contribution >= 4 is 39.0 Å². The van der Waals surface area contributed by atoms with E-state index in [0.29, 0.717) is 21.9 Å². The topological polar surface area (TPSA) is 46.3 Å². The molecule has 3 aromatic rings. The third-order valence-electron chi connectivity index (χ3n) is 2.86. The Hall–Kier alpha value is -1.85. The molecule has 0 atom stereocenters. The first-order chi connectivity index (χ1) is 9.56. The summed E-state index contributed by atoms with van der Waals surface area (Å²) in [6, 6.07) is 7.13. The molecule has 0 aliphatic carbocycles. The summed E-state index contributed by atoms with van der Waals surface area (Å²) in [5, 5.41) is 3.90. The van der Waals surface area contributed by atoms with Crippen LogP contribution in [0.1, 0.15) is 0 Å². The van der Waals surface area contributed by atoms with Crippen molar-refractivity contribution in [1.82, 2.24) is 4.98 Å². The smallest absolute Gasteiger partial charge is 0.345 e. The lowest BCUT2D eigenvalue weighted by atomic mass is 10.1. The first-order valence-corrected chi connectivity index (χ1v) is 7.17. The highest BCUT2D eigenvalue weighted by molar-refractivity contribution is 7.14. The van der Waals surface area contributed by atoms with Gasteiger partial charge in [0.15, 0.2) is 10.7 Å². The largest absolute Gasteiger partial charge is 0.421 e. The second kappa shape index (κ2) is 4.92. The highest BCUT2D eigenvalue weighted by atomic mass is 35.5. The van der Waals surface area contributed by atoms with E-state index in [1.165, 1.54) is 11.3 Å². The summed E-state index contributed by atoms with van der Waals surface area (Å²) >= 11 is 7.50. The fourth-order valence-electron chi connectivity index (χ4n) is 1.88. The van der Waals surface area contributed by atoms with E-state index in [1.54, 1.807) is 12.1 Å². The van der Waals surface area contributed by atoms with Gasteiger partial charge in [0.25, 0.3) is 0 Å². The van der Waals surface area contributed by atoms with E-state index >= 15 is 0 Å². The zero-order chi connectivity index (χ0) is 14.3. The van der Waals surface area contributed by atoms with Crippen LogP contribution in [0.3, 0.4) is 0 Å². The molecule has 0 saturated heterocycles. The Bertz CT molecular complexity index is 839. The molecule has 3 rings (SSSR count). The maximum atomic E-state index is 12.1. The van der Waals surface area contributed by atoms with E-state index in [2.05, 4.69) is 4.98 Å². The van der Waals surface area contributed by atoms with Crippen molar-refractivity contribution in [2.75, 3.05) is 19.0 Å². The molecule has 0 unspecified atom stereocenters. The molecule has 0 spiro atoms. The minimum absolute atomic E-state index is 0.408. The van der Waals surface area contributed by atoms with Gasteiger partial charge in [0.05, 0.1) is 16.3 Å². The third-order valence-corrected chi connectivity index (χ3v) is 4.17. The first kappa shape index (κ1) is 13.1.